The lowest BCUT2D eigenvalue weighted by Gasteiger charge is -2.38. The molecule has 15 nitrogen and oxygen atoms in total. The summed E-state index contributed by atoms with van der Waals surface area (Å²) in [6, 6.07) is 27.9. The van der Waals surface area contributed by atoms with Crippen LogP contribution in [-0.2, 0) is 49.7 Å². The fourth-order valence-corrected chi connectivity index (χ4v) is 11.1. The van der Waals surface area contributed by atoms with Crippen LogP contribution in [0.5, 0.6) is 34.8 Å². The van der Waals surface area contributed by atoms with Gasteiger partial charge in [-0.05, 0) is 164 Å². The topological polar surface area (TPSA) is 193 Å². The molecule has 4 aromatic carbocycles. The number of hydrogen-bond donors (Lipinski definition) is 0. The number of carbonyl (C=O) groups excluding carboxylic acids is 2. The minimum atomic E-state index is -2.70. The van der Waals surface area contributed by atoms with Gasteiger partial charge in [-0.2, -0.15) is 0 Å². The molecule has 0 aliphatic heterocycles. The first-order valence-corrected chi connectivity index (χ1v) is 26.7. The lowest BCUT2D eigenvalue weighted by molar-refractivity contribution is -0.162. The molecule has 2 aromatic heterocycles. The zero-order valence-electron chi connectivity index (χ0n) is 39.2. The van der Waals surface area contributed by atoms with Crippen LogP contribution >= 0.6 is 31.9 Å². The lowest BCUT2D eigenvalue weighted by atomic mass is 9.87. The molecule has 4 unspecified atom stereocenters. The number of hydrogen-bond acceptors (Lipinski definition) is 13. The van der Waals surface area contributed by atoms with Crippen molar-refractivity contribution in [3.05, 3.63) is 152 Å². The summed E-state index contributed by atoms with van der Waals surface area (Å²) in [7, 11) is 0. The first-order valence-electron chi connectivity index (χ1n) is 23.0. The Bertz CT molecular complexity index is 2960. The van der Waals surface area contributed by atoms with Gasteiger partial charge in [0.2, 0.25) is 11.8 Å². The van der Waals surface area contributed by atoms with E-state index < -0.39 is 59.8 Å². The predicted octanol–water partition coefficient (Wildman–Crippen LogP) is 11.7. The standard InChI is InChI=1S/C52H52Br2N4O11S2/c1-31(2)33-20-22-37(23-21-33)67-51-43(53)25-35(27-55-51)57(70(61)62)45-16-6-14-41-39(45)12-8-18-47(41)65-29-49(59)69-50(60)30-66-48-19-9-13-40-42(48)15-7-17-46(40)58(71(63)64)36-26-44(54)52(56-28-36)68-38-11-5-10-34(24-38)32(3)4/h5,8-13,18-28,31-32,45-46H,6-7,14-17,29-30H2,1-4H3,(H,61,62)(H,63,64)/p-2. The Balaban J connectivity index is 0.886. The van der Waals surface area contributed by atoms with E-state index in [0.29, 0.717) is 105 Å². The Morgan fingerprint density at radius 3 is 1.55 bits per heavy atom. The van der Waals surface area contributed by atoms with Crippen molar-refractivity contribution in [2.45, 2.75) is 90.1 Å². The third kappa shape index (κ3) is 12.3. The van der Waals surface area contributed by atoms with Crippen molar-refractivity contribution in [2.24, 2.45) is 0 Å². The Hall–Kier alpha value is -5.70. The Morgan fingerprint density at radius 2 is 1.10 bits per heavy atom. The van der Waals surface area contributed by atoms with E-state index in [0.717, 1.165) is 16.7 Å². The van der Waals surface area contributed by atoms with Crippen molar-refractivity contribution in [3.8, 4) is 34.8 Å². The number of esters is 2. The van der Waals surface area contributed by atoms with Gasteiger partial charge in [-0.25, -0.2) is 19.6 Å². The summed E-state index contributed by atoms with van der Waals surface area (Å²) < 4.78 is 84.0. The molecule has 71 heavy (non-hydrogen) atoms. The molecule has 0 spiro atoms. The van der Waals surface area contributed by atoms with Gasteiger partial charge < -0.3 is 32.8 Å². The number of anilines is 2. The number of benzene rings is 4. The zero-order chi connectivity index (χ0) is 50.3. The Labute approximate surface area is 434 Å². The summed E-state index contributed by atoms with van der Waals surface area (Å²) in [5.74, 6) is 1.21. The van der Waals surface area contributed by atoms with Crippen molar-refractivity contribution < 1.29 is 50.8 Å². The number of aromatic nitrogens is 2. The maximum absolute atomic E-state index is 13.0. The van der Waals surface area contributed by atoms with Gasteiger partial charge in [0, 0.05) is 22.5 Å². The lowest BCUT2D eigenvalue weighted by Crippen LogP contribution is -2.33. The molecule has 8 rings (SSSR count). The van der Waals surface area contributed by atoms with Crippen LogP contribution in [0.1, 0.15) is 111 Å². The monoisotopic (exact) mass is 1130 g/mol. The van der Waals surface area contributed by atoms with Crippen LogP contribution in [0.2, 0.25) is 0 Å². The quantitative estimate of drug-likeness (QED) is 0.0449. The number of fused-ring (bicyclic) bond motifs is 2. The van der Waals surface area contributed by atoms with Crippen LogP contribution in [-0.4, -0.2) is 52.6 Å². The van der Waals surface area contributed by atoms with Crippen LogP contribution < -0.4 is 27.6 Å². The summed E-state index contributed by atoms with van der Waals surface area (Å²) in [6.45, 7) is 7.19. The van der Waals surface area contributed by atoms with Crippen LogP contribution in [0.4, 0.5) is 11.4 Å². The molecule has 0 N–H and O–H groups in total. The van der Waals surface area contributed by atoms with Gasteiger partial charge in [0.15, 0.2) is 13.2 Å². The maximum Gasteiger partial charge on any atom is 0.351 e. The highest BCUT2D eigenvalue weighted by Crippen LogP contribution is 2.44. The fraction of sp³-hybridized carbons (Fsp3) is 0.308. The molecule has 2 heterocycles. The first-order chi connectivity index (χ1) is 34.1. The molecule has 2 aliphatic rings. The van der Waals surface area contributed by atoms with Crippen molar-refractivity contribution in [2.75, 3.05) is 21.8 Å². The summed E-state index contributed by atoms with van der Waals surface area (Å²) in [5, 5.41) is 0. The fourth-order valence-electron chi connectivity index (χ4n) is 8.84. The normalized spacial score (nSPS) is 16.0. The van der Waals surface area contributed by atoms with Crippen molar-refractivity contribution >= 4 is 77.7 Å². The van der Waals surface area contributed by atoms with Crippen LogP contribution in [0.3, 0.4) is 0 Å². The summed E-state index contributed by atoms with van der Waals surface area (Å²) in [4.78, 5) is 34.9. The van der Waals surface area contributed by atoms with Gasteiger partial charge in [-0.1, -0.05) is 76.2 Å². The van der Waals surface area contributed by atoms with Crippen molar-refractivity contribution in [1.29, 1.82) is 0 Å². The molecular formula is C52H50Br2N4O11S2-2. The second-order valence-corrected chi connectivity index (χ2v) is 21.0. The van der Waals surface area contributed by atoms with E-state index in [9.17, 15) is 27.1 Å². The molecule has 6 aromatic rings. The van der Waals surface area contributed by atoms with E-state index >= 15 is 0 Å². The van der Waals surface area contributed by atoms with Gasteiger partial charge >= 0.3 is 11.9 Å². The molecule has 4 atom stereocenters. The predicted molar refractivity (Wildman–Crippen MR) is 274 cm³/mol. The van der Waals surface area contributed by atoms with Crippen LogP contribution in [0.25, 0.3) is 0 Å². The molecule has 0 bridgehead atoms. The highest BCUT2D eigenvalue weighted by molar-refractivity contribution is 9.11. The average Bonchev–Trinajstić information content (AvgIpc) is 3.34. The Kier molecular flexibility index (Phi) is 16.9. The van der Waals surface area contributed by atoms with Gasteiger partial charge in [0.1, 0.15) is 23.0 Å². The molecule has 0 saturated heterocycles. The molecule has 0 fully saturated rings. The highest BCUT2D eigenvalue weighted by Gasteiger charge is 2.32. The number of carbonyl (C=O) groups is 2. The van der Waals surface area contributed by atoms with Gasteiger partial charge in [-0.15, -0.1) is 0 Å². The second-order valence-electron chi connectivity index (χ2n) is 17.6. The van der Waals surface area contributed by atoms with E-state index in [1.165, 1.54) is 26.6 Å². The smallest absolute Gasteiger partial charge is 0.351 e. The number of ether oxygens (including phenoxy) is 5. The van der Waals surface area contributed by atoms with E-state index in [1.54, 1.807) is 36.4 Å². The van der Waals surface area contributed by atoms with E-state index in [2.05, 4.69) is 69.5 Å². The number of halogens is 2. The zero-order valence-corrected chi connectivity index (χ0v) is 44.0. The van der Waals surface area contributed by atoms with Gasteiger partial charge in [0.05, 0.1) is 44.8 Å². The molecular weight excluding hydrogens is 1080 g/mol. The summed E-state index contributed by atoms with van der Waals surface area (Å²) in [6.07, 6.45) is 6.27. The molecule has 19 heteroatoms. The van der Waals surface area contributed by atoms with Gasteiger partial charge in [-0.3, -0.25) is 17.0 Å². The molecule has 372 valence electrons. The minimum Gasteiger partial charge on any atom is -0.755 e. The second kappa shape index (κ2) is 23.2. The highest BCUT2D eigenvalue weighted by atomic mass is 79.9. The minimum absolute atomic E-state index is 0.274. The largest absolute Gasteiger partial charge is 0.755 e. The van der Waals surface area contributed by atoms with Crippen molar-refractivity contribution in [1.82, 2.24) is 9.97 Å². The molecule has 0 saturated carbocycles. The third-order valence-corrected chi connectivity index (χ3v) is 15.0. The van der Waals surface area contributed by atoms with E-state index in [1.807, 2.05) is 60.7 Å². The number of nitrogens with zero attached hydrogens (tertiary/aromatic N) is 4. The molecule has 0 radical (unpaired) electrons. The van der Waals surface area contributed by atoms with E-state index in [4.69, 9.17) is 23.7 Å². The SMILES string of the molecule is CC(C)c1ccc(Oc2ncc(N(C3CCCc4c(OCC(=O)OC(=O)COc5cccc6c5CCCC6N(c5cnc(Oc6cccc(C(C)C)c6)c(Br)c5)S(=O)[O-])cccc43)S(=O)[O-])cc2Br)cc1. The van der Waals surface area contributed by atoms with Crippen molar-refractivity contribution in [3.63, 3.8) is 0 Å². The number of rotatable bonds is 18. The first kappa shape index (κ1) is 51.6. The summed E-state index contributed by atoms with van der Waals surface area (Å²) in [5.41, 5.74) is 5.76. The summed E-state index contributed by atoms with van der Waals surface area (Å²) >= 11 is 1.63. The van der Waals surface area contributed by atoms with Gasteiger partial charge in [0.25, 0.3) is 0 Å². The van der Waals surface area contributed by atoms with E-state index in [-0.39, 0.29) is 11.8 Å². The Morgan fingerprint density at radius 1 is 0.634 bits per heavy atom. The van der Waals surface area contributed by atoms with Crippen LogP contribution in [0.15, 0.2) is 118 Å². The van der Waals surface area contributed by atoms with Crippen LogP contribution in [0, 0.1) is 0 Å². The number of pyridine rings is 2. The molecule has 2 aliphatic carbocycles. The third-order valence-electron chi connectivity index (χ3n) is 12.3. The molecule has 0 amide bonds. The average molecular weight is 1130 g/mol. The maximum atomic E-state index is 13.0.